The van der Waals surface area contributed by atoms with Crippen molar-refractivity contribution in [2.45, 2.75) is 58.2 Å². The van der Waals surface area contributed by atoms with E-state index in [1.807, 2.05) is 35.8 Å². The highest BCUT2D eigenvalue weighted by molar-refractivity contribution is 7.16. The van der Waals surface area contributed by atoms with Crippen LogP contribution in [0.4, 0.5) is 0 Å². The average molecular weight is 432 g/mol. The van der Waals surface area contributed by atoms with Gasteiger partial charge in [-0.15, -0.1) is 11.3 Å². The Balaban J connectivity index is 1.55. The fourth-order valence-corrected chi connectivity index (χ4v) is 5.16. The highest BCUT2D eigenvalue weighted by atomic mass is 32.1. The summed E-state index contributed by atoms with van der Waals surface area (Å²) >= 11 is 1.58. The number of aliphatic hydroxyl groups is 1. The molecule has 8 nitrogen and oxygen atoms in total. The fraction of sp³-hybridized carbons (Fsp3) is 0.571. The smallest absolute Gasteiger partial charge is 0.291 e. The molecule has 0 spiro atoms. The maximum atomic E-state index is 13.0. The number of amides is 1. The van der Waals surface area contributed by atoms with Crippen LogP contribution in [0.5, 0.6) is 0 Å². The third-order valence-electron chi connectivity index (χ3n) is 5.52. The Morgan fingerprint density at radius 1 is 1.40 bits per heavy atom. The highest BCUT2D eigenvalue weighted by Crippen LogP contribution is 2.26. The first kappa shape index (κ1) is 21.0. The number of carbonyl (C=O) groups is 1. The summed E-state index contributed by atoms with van der Waals surface area (Å²) in [6, 6.07) is 3.90. The van der Waals surface area contributed by atoms with Gasteiger partial charge < -0.3 is 10.4 Å². The van der Waals surface area contributed by atoms with E-state index in [1.54, 1.807) is 18.3 Å². The minimum atomic E-state index is -0.389. The van der Waals surface area contributed by atoms with E-state index in [4.69, 9.17) is 0 Å². The van der Waals surface area contributed by atoms with Gasteiger partial charge in [-0.2, -0.15) is 5.10 Å². The molecule has 3 aromatic heterocycles. The third kappa shape index (κ3) is 4.14. The zero-order chi connectivity index (χ0) is 21.4. The predicted octanol–water partition coefficient (Wildman–Crippen LogP) is 1.80. The quantitative estimate of drug-likeness (QED) is 0.621. The Bertz CT molecular complexity index is 1110. The van der Waals surface area contributed by atoms with Gasteiger partial charge in [0.2, 0.25) is 5.91 Å². The molecule has 2 N–H and O–H groups in total. The molecule has 4 heterocycles. The van der Waals surface area contributed by atoms with Crippen molar-refractivity contribution < 1.29 is 9.90 Å². The number of aromatic nitrogens is 3. The van der Waals surface area contributed by atoms with Crippen molar-refractivity contribution in [1.82, 2.24) is 24.4 Å². The Labute approximate surface area is 179 Å². The molecule has 0 unspecified atom stereocenters. The van der Waals surface area contributed by atoms with Crippen molar-refractivity contribution in [3.63, 3.8) is 0 Å². The number of β-amino-alcohol motifs (C(OH)–C–C–N with tert-alkyl or cyclic N) is 1. The summed E-state index contributed by atoms with van der Waals surface area (Å²) < 4.78 is 3.22. The van der Waals surface area contributed by atoms with E-state index >= 15 is 0 Å². The van der Waals surface area contributed by atoms with Crippen molar-refractivity contribution in [2.75, 3.05) is 19.6 Å². The molecule has 1 aliphatic rings. The molecule has 0 saturated carbocycles. The topological polar surface area (TPSA) is 91.9 Å². The molecule has 4 rings (SSSR count). The van der Waals surface area contributed by atoms with Gasteiger partial charge >= 0.3 is 0 Å². The first-order valence-electron chi connectivity index (χ1n) is 10.5. The first-order chi connectivity index (χ1) is 14.3. The van der Waals surface area contributed by atoms with Crippen molar-refractivity contribution in [3.8, 4) is 0 Å². The van der Waals surface area contributed by atoms with Crippen LogP contribution in [0.3, 0.4) is 0 Å². The third-order valence-corrected chi connectivity index (χ3v) is 6.43. The molecule has 0 aromatic carbocycles. The SMILES string of the molecule is CC(C)c1nn(CC(=O)N[C@@H]2CCCN(C[C@@H](C)O)C2)c(=O)c2cc3ccsc3n12. The Morgan fingerprint density at radius 2 is 2.20 bits per heavy atom. The summed E-state index contributed by atoms with van der Waals surface area (Å²) in [5.41, 5.74) is 0.307. The summed E-state index contributed by atoms with van der Waals surface area (Å²) in [7, 11) is 0. The normalized spacial score (nSPS) is 19.0. The molecule has 0 bridgehead atoms. The van der Waals surface area contributed by atoms with E-state index < -0.39 is 0 Å². The number of carbonyl (C=O) groups excluding carboxylic acids is 1. The number of aliphatic hydroxyl groups excluding tert-OH is 1. The summed E-state index contributed by atoms with van der Waals surface area (Å²) in [5.74, 6) is 0.670. The first-order valence-corrected chi connectivity index (χ1v) is 11.4. The second-order valence-electron chi connectivity index (χ2n) is 8.54. The lowest BCUT2D eigenvalue weighted by Crippen LogP contribution is -2.50. The molecule has 1 aliphatic heterocycles. The number of likely N-dealkylation sites (tertiary alicyclic amines) is 1. The fourth-order valence-electron chi connectivity index (χ4n) is 4.26. The minimum absolute atomic E-state index is 0.0210. The van der Waals surface area contributed by atoms with Gasteiger partial charge in [0, 0.05) is 30.4 Å². The number of fused-ring (bicyclic) bond motifs is 3. The van der Waals surface area contributed by atoms with Crippen LogP contribution in [-0.2, 0) is 11.3 Å². The maximum absolute atomic E-state index is 13.0. The summed E-state index contributed by atoms with van der Waals surface area (Å²) in [6.45, 7) is 7.99. The molecule has 162 valence electrons. The molecule has 2 atom stereocenters. The molecule has 1 amide bonds. The number of nitrogens with zero attached hydrogens (tertiary/aromatic N) is 4. The summed E-state index contributed by atoms with van der Waals surface area (Å²) in [6.07, 6.45) is 1.48. The van der Waals surface area contributed by atoms with Gasteiger partial charge in [-0.1, -0.05) is 13.8 Å². The van der Waals surface area contributed by atoms with Gasteiger partial charge in [0.1, 0.15) is 22.7 Å². The second-order valence-corrected chi connectivity index (χ2v) is 9.43. The molecule has 1 saturated heterocycles. The van der Waals surface area contributed by atoms with E-state index in [2.05, 4.69) is 15.3 Å². The molecule has 3 aromatic rings. The molecule has 0 radical (unpaired) electrons. The monoisotopic (exact) mass is 431 g/mol. The number of thiophene rings is 1. The lowest BCUT2D eigenvalue weighted by molar-refractivity contribution is -0.123. The van der Waals surface area contributed by atoms with E-state index in [0.717, 1.165) is 35.4 Å². The lowest BCUT2D eigenvalue weighted by Gasteiger charge is -2.33. The van der Waals surface area contributed by atoms with Crippen LogP contribution in [0.15, 0.2) is 22.3 Å². The van der Waals surface area contributed by atoms with Crippen LogP contribution in [0, 0.1) is 0 Å². The second kappa shape index (κ2) is 8.49. The lowest BCUT2D eigenvalue weighted by atomic mass is 10.1. The molecule has 9 heteroatoms. The van der Waals surface area contributed by atoms with Crippen molar-refractivity contribution in [1.29, 1.82) is 0 Å². The number of hydrogen-bond donors (Lipinski definition) is 2. The van der Waals surface area contributed by atoms with Gasteiger partial charge in [-0.05, 0) is 43.8 Å². The van der Waals surface area contributed by atoms with E-state index in [0.29, 0.717) is 18.6 Å². The number of hydrogen-bond acceptors (Lipinski definition) is 6. The number of piperidine rings is 1. The van der Waals surface area contributed by atoms with Crippen LogP contribution in [0.2, 0.25) is 0 Å². The molecular weight excluding hydrogens is 402 g/mol. The molecular formula is C21H29N5O3S. The van der Waals surface area contributed by atoms with Crippen LogP contribution >= 0.6 is 11.3 Å². The largest absolute Gasteiger partial charge is 0.392 e. The van der Waals surface area contributed by atoms with Crippen LogP contribution < -0.4 is 10.9 Å². The van der Waals surface area contributed by atoms with Crippen molar-refractivity contribution in [2.24, 2.45) is 0 Å². The van der Waals surface area contributed by atoms with Crippen molar-refractivity contribution >= 4 is 33.0 Å². The van der Waals surface area contributed by atoms with Gasteiger partial charge in [0.05, 0.1) is 6.10 Å². The summed E-state index contributed by atoms with van der Waals surface area (Å²) in [4.78, 5) is 28.9. The van der Waals surface area contributed by atoms with E-state index in [9.17, 15) is 14.7 Å². The highest BCUT2D eigenvalue weighted by Gasteiger charge is 2.23. The van der Waals surface area contributed by atoms with Crippen LogP contribution in [-0.4, -0.2) is 61.9 Å². The maximum Gasteiger partial charge on any atom is 0.291 e. The van der Waals surface area contributed by atoms with E-state index in [1.165, 1.54) is 4.68 Å². The van der Waals surface area contributed by atoms with Gasteiger partial charge in [0.15, 0.2) is 0 Å². The van der Waals surface area contributed by atoms with Crippen molar-refractivity contribution in [3.05, 3.63) is 33.7 Å². The Hall–Kier alpha value is -2.23. The van der Waals surface area contributed by atoms with Crippen LogP contribution in [0.25, 0.3) is 15.7 Å². The van der Waals surface area contributed by atoms with Crippen LogP contribution in [0.1, 0.15) is 45.4 Å². The number of rotatable bonds is 6. The summed E-state index contributed by atoms with van der Waals surface area (Å²) in [5, 5.41) is 20.2. The van der Waals surface area contributed by atoms with Gasteiger partial charge in [0.25, 0.3) is 5.56 Å². The Kier molecular flexibility index (Phi) is 5.95. The Morgan fingerprint density at radius 3 is 2.93 bits per heavy atom. The zero-order valence-corrected chi connectivity index (χ0v) is 18.5. The standard InChI is InChI=1S/C21H29N5O3S/c1-13(2)19-23-25(20(29)17-9-15-6-8-30-21(15)26(17)19)12-18(28)22-16-5-4-7-24(11-16)10-14(3)27/h6,8-9,13-14,16,27H,4-5,7,10-12H2,1-3H3,(H,22,28)/t14-,16-/m1/s1. The molecule has 0 aliphatic carbocycles. The predicted molar refractivity (Wildman–Crippen MR) is 118 cm³/mol. The van der Waals surface area contributed by atoms with E-state index in [-0.39, 0.29) is 36.1 Å². The molecule has 1 fully saturated rings. The molecule has 30 heavy (non-hydrogen) atoms. The van der Waals surface area contributed by atoms with Gasteiger partial charge in [-0.25, -0.2) is 4.68 Å². The zero-order valence-electron chi connectivity index (χ0n) is 17.7. The van der Waals surface area contributed by atoms with Gasteiger partial charge in [-0.3, -0.25) is 18.9 Å². The average Bonchev–Trinajstić information content (AvgIpc) is 3.25. The minimum Gasteiger partial charge on any atom is -0.392 e. The number of nitrogens with one attached hydrogen (secondary N) is 1.